The predicted octanol–water partition coefficient (Wildman–Crippen LogP) is 3.72. The van der Waals surface area contributed by atoms with E-state index in [0.717, 1.165) is 18.3 Å². The van der Waals surface area contributed by atoms with E-state index in [9.17, 15) is 0 Å². The first kappa shape index (κ1) is 13.4. The predicted molar refractivity (Wildman–Crippen MR) is 75.9 cm³/mol. The Morgan fingerprint density at radius 1 is 1.11 bits per heavy atom. The maximum atomic E-state index is 6.07. The zero-order valence-electron chi connectivity index (χ0n) is 11.7. The Morgan fingerprint density at radius 3 is 2.28 bits per heavy atom. The van der Waals surface area contributed by atoms with Crippen molar-refractivity contribution >= 4 is 0 Å². The lowest BCUT2D eigenvalue weighted by Gasteiger charge is -2.23. The summed E-state index contributed by atoms with van der Waals surface area (Å²) in [6, 6.07) is 4.28. The van der Waals surface area contributed by atoms with Crippen LogP contribution in [0.3, 0.4) is 0 Å². The lowest BCUT2D eigenvalue weighted by atomic mass is 9.90. The van der Waals surface area contributed by atoms with E-state index >= 15 is 0 Å². The van der Waals surface area contributed by atoms with Crippen molar-refractivity contribution in [2.75, 3.05) is 6.61 Å². The molecule has 1 aromatic carbocycles. The van der Waals surface area contributed by atoms with Crippen LogP contribution in [0.5, 0.6) is 5.75 Å². The average Bonchev–Trinajstić information content (AvgIpc) is 2.38. The number of rotatable bonds is 4. The molecule has 1 aliphatic rings. The summed E-state index contributed by atoms with van der Waals surface area (Å²) in [5, 5.41) is 0. The van der Waals surface area contributed by atoms with Crippen molar-refractivity contribution in [3.8, 4) is 5.75 Å². The maximum Gasteiger partial charge on any atom is 0.125 e. The van der Waals surface area contributed by atoms with Gasteiger partial charge < -0.3 is 10.5 Å². The second-order valence-corrected chi connectivity index (χ2v) is 5.58. The van der Waals surface area contributed by atoms with Gasteiger partial charge in [0.05, 0.1) is 6.61 Å². The Bertz CT molecular complexity index is 371. The summed E-state index contributed by atoms with van der Waals surface area (Å²) in [7, 11) is 0. The SMILES string of the molecule is Cc1cc(CN)cc(C)c1OCC1CCCCC1. The second kappa shape index (κ2) is 6.24. The zero-order chi connectivity index (χ0) is 13.0. The van der Waals surface area contributed by atoms with Gasteiger partial charge in [0.15, 0.2) is 0 Å². The summed E-state index contributed by atoms with van der Waals surface area (Å²) in [6.07, 6.45) is 6.81. The van der Waals surface area contributed by atoms with Crippen LogP contribution in [-0.4, -0.2) is 6.61 Å². The first-order valence-corrected chi connectivity index (χ1v) is 7.13. The smallest absolute Gasteiger partial charge is 0.125 e. The molecule has 0 amide bonds. The number of ether oxygens (including phenoxy) is 1. The molecule has 0 atom stereocenters. The monoisotopic (exact) mass is 247 g/mol. The highest BCUT2D eigenvalue weighted by atomic mass is 16.5. The summed E-state index contributed by atoms with van der Waals surface area (Å²) < 4.78 is 6.07. The van der Waals surface area contributed by atoms with Crippen molar-refractivity contribution in [2.24, 2.45) is 11.7 Å². The highest BCUT2D eigenvalue weighted by molar-refractivity contribution is 5.43. The number of aryl methyl sites for hydroxylation is 2. The lowest BCUT2D eigenvalue weighted by Crippen LogP contribution is -2.16. The molecule has 1 aliphatic carbocycles. The third kappa shape index (κ3) is 3.26. The molecule has 0 bridgehead atoms. The van der Waals surface area contributed by atoms with Crippen molar-refractivity contribution in [3.05, 3.63) is 28.8 Å². The van der Waals surface area contributed by atoms with Crippen LogP contribution in [0.2, 0.25) is 0 Å². The molecule has 2 rings (SSSR count). The molecule has 0 radical (unpaired) electrons. The fourth-order valence-corrected chi connectivity index (χ4v) is 2.94. The van der Waals surface area contributed by atoms with E-state index in [1.54, 1.807) is 0 Å². The average molecular weight is 247 g/mol. The van der Waals surface area contributed by atoms with E-state index in [1.165, 1.54) is 48.8 Å². The van der Waals surface area contributed by atoms with Gasteiger partial charge in [0.2, 0.25) is 0 Å². The normalized spacial score (nSPS) is 16.8. The van der Waals surface area contributed by atoms with E-state index in [-0.39, 0.29) is 0 Å². The van der Waals surface area contributed by atoms with Gasteiger partial charge in [0.1, 0.15) is 5.75 Å². The van der Waals surface area contributed by atoms with Crippen LogP contribution in [0, 0.1) is 19.8 Å². The van der Waals surface area contributed by atoms with Gasteiger partial charge in [0, 0.05) is 6.54 Å². The van der Waals surface area contributed by atoms with Crippen LogP contribution in [-0.2, 0) is 6.54 Å². The summed E-state index contributed by atoms with van der Waals surface area (Å²) in [5.41, 5.74) is 9.31. The standard InChI is InChI=1S/C16H25NO/c1-12-8-15(10-17)9-13(2)16(12)18-11-14-6-4-3-5-7-14/h8-9,14H,3-7,10-11,17H2,1-2H3. The molecular formula is C16H25NO. The van der Waals surface area contributed by atoms with Crippen LogP contribution in [0.4, 0.5) is 0 Å². The van der Waals surface area contributed by atoms with Crippen molar-refractivity contribution in [3.63, 3.8) is 0 Å². The number of hydrogen-bond donors (Lipinski definition) is 1. The number of nitrogens with two attached hydrogens (primary N) is 1. The summed E-state index contributed by atoms with van der Waals surface area (Å²) in [5.74, 6) is 1.82. The Morgan fingerprint density at radius 2 is 1.72 bits per heavy atom. The fourth-order valence-electron chi connectivity index (χ4n) is 2.94. The molecule has 1 saturated carbocycles. The van der Waals surface area contributed by atoms with Gasteiger partial charge in [-0.3, -0.25) is 0 Å². The van der Waals surface area contributed by atoms with Gasteiger partial charge in [-0.2, -0.15) is 0 Å². The van der Waals surface area contributed by atoms with Gasteiger partial charge in [-0.25, -0.2) is 0 Å². The van der Waals surface area contributed by atoms with Crippen LogP contribution >= 0.6 is 0 Å². The highest BCUT2D eigenvalue weighted by Gasteiger charge is 2.15. The van der Waals surface area contributed by atoms with Gasteiger partial charge in [0.25, 0.3) is 0 Å². The fraction of sp³-hybridized carbons (Fsp3) is 0.625. The molecule has 2 N–H and O–H groups in total. The Hall–Kier alpha value is -1.02. The van der Waals surface area contributed by atoms with Crippen LogP contribution < -0.4 is 10.5 Å². The summed E-state index contributed by atoms with van der Waals surface area (Å²) in [4.78, 5) is 0. The minimum atomic E-state index is 0.602. The number of hydrogen-bond acceptors (Lipinski definition) is 2. The molecule has 0 aliphatic heterocycles. The van der Waals surface area contributed by atoms with E-state index in [2.05, 4.69) is 26.0 Å². The van der Waals surface area contributed by atoms with Crippen LogP contribution in [0.25, 0.3) is 0 Å². The third-order valence-electron chi connectivity index (χ3n) is 3.94. The second-order valence-electron chi connectivity index (χ2n) is 5.58. The van der Waals surface area contributed by atoms with E-state index < -0.39 is 0 Å². The van der Waals surface area contributed by atoms with Gasteiger partial charge >= 0.3 is 0 Å². The molecule has 0 heterocycles. The largest absolute Gasteiger partial charge is 0.493 e. The molecule has 0 unspecified atom stereocenters. The third-order valence-corrected chi connectivity index (χ3v) is 3.94. The van der Waals surface area contributed by atoms with Gasteiger partial charge in [-0.15, -0.1) is 0 Å². The molecule has 100 valence electrons. The minimum absolute atomic E-state index is 0.602. The topological polar surface area (TPSA) is 35.2 Å². The molecule has 0 aromatic heterocycles. The van der Waals surface area contributed by atoms with Gasteiger partial charge in [-0.05, 0) is 49.3 Å². The lowest BCUT2D eigenvalue weighted by molar-refractivity contribution is 0.207. The molecule has 2 nitrogen and oxygen atoms in total. The van der Waals surface area contributed by atoms with E-state index in [4.69, 9.17) is 10.5 Å². The molecule has 1 fully saturated rings. The Kier molecular flexibility index (Phi) is 4.65. The Labute approximate surface area is 111 Å². The molecule has 18 heavy (non-hydrogen) atoms. The van der Waals surface area contributed by atoms with E-state index in [0.29, 0.717) is 6.54 Å². The van der Waals surface area contributed by atoms with E-state index in [1.807, 2.05) is 0 Å². The minimum Gasteiger partial charge on any atom is -0.493 e. The first-order valence-electron chi connectivity index (χ1n) is 7.13. The molecular weight excluding hydrogens is 222 g/mol. The maximum absolute atomic E-state index is 6.07. The first-order chi connectivity index (χ1) is 8.70. The van der Waals surface area contributed by atoms with Crippen molar-refractivity contribution in [1.82, 2.24) is 0 Å². The quantitative estimate of drug-likeness (QED) is 0.880. The number of benzene rings is 1. The summed E-state index contributed by atoms with van der Waals surface area (Å²) in [6.45, 7) is 5.71. The summed E-state index contributed by atoms with van der Waals surface area (Å²) >= 11 is 0. The molecule has 2 heteroatoms. The van der Waals surface area contributed by atoms with Crippen molar-refractivity contribution in [1.29, 1.82) is 0 Å². The van der Waals surface area contributed by atoms with Crippen LogP contribution in [0.15, 0.2) is 12.1 Å². The van der Waals surface area contributed by atoms with Crippen molar-refractivity contribution < 1.29 is 4.74 Å². The molecule has 1 aromatic rings. The molecule has 0 spiro atoms. The molecule has 0 saturated heterocycles. The van der Waals surface area contributed by atoms with Crippen molar-refractivity contribution in [2.45, 2.75) is 52.5 Å². The zero-order valence-corrected chi connectivity index (χ0v) is 11.7. The van der Waals surface area contributed by atoms with Crippen LogP contribution in [0.1, 0.15) is 48.8 Å². The Balaban J connectivity index is 2.00. The highest BCUT2D eigenvalue weighted by Crippen LogP contribution is 2.28. The van der Waals surface area contributed by atoms with Gasteiger partial charge in [-0.1, -0.05) is 31.4 Å².